The Morgan fingerprint density at radius 1 is 1.36 bits per heavy atom. The third-order valence-corrected chi connectivity index (χ3v) is 4.41. The Bertz CT molecular complexity index is 749. The van der Waals surface area contributed by atoms with Crippen LogP contribution in [-0.4, -0.2) is 16.9 Å². The Kier molecular flexibility index (Phi) is 4.83. The lowest BCUT2D eigenvalue weighted by Gasteiger charge is -2.36. The van der Waals surface area contributed by atoms with Crippen molar-refractivity contribution in [1.82, 2.24) is 10.3 Å². The molecular weight excluding hydrogens is 333 g/mol. The van der Waals surface area contributed by atoms with Gasteiger partial charge in [-0.1, -0.05) is 25.1 Å². The molecule has 1 aromatic heterocycles. The number of nitrogens with zero attached hydrogens (tertiary/aromatic N) is 1. The van der Waals surface area contributed by atoms with E-state index < -0.39 is 11.7 Å². The number of halogens is 3. The van der Waals surface area contributed by atoms with Gasteiger partial charge in [-0.15, -0.1) is 0 Å². The van der Waals surface area contributed by atoms with Gasteiger partial charge in [0.2, 0.25) is 0 Å². The molecule has 4 nitrogen and oxygen atoms in total. The van der Waals surface area contributed by atoms with Crippen LogP contribution in [0.5, 0.6) is 0 Å². The van der Waals surface area contributed by atoms with Crippen molar-refractivity contribution in [2.75, 3.05) is 0 Å². The van der Waals surface area contributed by atoms with Crippen molar-refractivity contribution in [2.24, 2.45) is 0 Å². The van der Waals surface area contributed by atoms with Crippen molar-refractivity contribution in [3.8, 4) is 0 Å². The van der Waals surface area contributed by atoms with Crippen LogP contribution in [0.2, 0.25) is 0 Å². The lowest BCUT2D eigenvalue weighted by molar-refractivity contribution is -0.137. The third kappa shape index (κ3) is 4.03. The first kappa shape index (κ1) is 17.5. The van der Waals surface area contributed by atoms with Gasteiger partial charge in [0.1, 0.15) is 6.26 Å². The van der Waals surface area contributed by atoms with E-state index in [2.05, 4.69) is 10.3 Å². The van der Waals surface area contributed by atoms with Crippen molar-refractivity contribution < 1.29 is 22.4 Å². The van der Waals surface area contributed by atoms with E-state index in [0.29, 0.717) is 30.7 Å². The highest BCUT2D eigenvalue weighted by Crippen LogP contribution is 2.39. The number of hydrogen-bond donors (Lipinski definition) is 1. The van der Waals surface area contributed by atoms with Gasteiger partial charge in [0, 0.05) is 12.5 Å². The topological polar surface area (TPSA) is 55.1 Å². The summed E-state index contributed by atoms with van der Waals surface area (Å²) in [6.07, 6.45) is -0.212. The molecule has 1 heterocycles. The Morgan fingerprint density at radius 3 is 2.80 bits per heavy atom. The first-order valence-electron chi connectivity index (χ1n) is 8.29. The second-order valence-corrected chi connectivity index (χ2v) is 6.34. The van der Waals surface area contributed by atoms with Crippen LogP contribution in [0, 0.1) is 0 Å². The molecule has 0 bridgehead atoms. The molecule has 7 heteroatoms. The molecule has 134 valence electrons. The molecule has 1 amide bonds. The highest BCUT2D eigenvalue weighted by Gasteiger charge is 2.35. The maximum atomic E-state index is 12.8. The number of carbonyl (C=O) groups is 1. The van der Waals surface area contributed by atoms with Gasteiger partial charge in [-0.3, -0.25) is 4.79 Å². The van der Waals surface area contributed by atoms with E-state index in [9.17, 15) is 18.0 Å². The first-order valence-corrected chi connectivity index (χ1v) is 8.29. The van der Waals surface area contributed by atoms with Crippen molar-refractivity contribution in [1.29, 1.82) is 0 Å². The molecule has 0 aliphatic heterocycles. The minimum Gasteiger partial charge on any atom is -0.448 e. The van der Waals surface area contributed by atoms with Crippen LogP contribution < -0.4 is 5.32 Å². The van der Waals surface area contributed by atoms with Crippen LogP contribution in [-0.2, 0) is 12.6 Å². The van der Waals surface area contributed by atoms with E-state index in [1.54, 1.807) is 6.07 Å². The molecule has 0 atom stereocenters. The number of aromatic nitrogens is 1. The van der Waals surface area contributed by atoms with Crippen LogP contribution in [0.25, 0.3) is 0 Å². The number of nitrogens with one attached hydrogen (secondary N) is 1. The number of rotatable bonds is 5. The number of amides is 1. The van der Waals surface area contributed by atoms with Crippen molar-refractivity contribution in [2.45, 2.75) is 50.7 Å². The molecule has 0 unspecified atom stereocenters. The van der Waals surface area contributed by atoms with Gasteiger partial charge in [0.15, 0.2) is 11.6 Å². The molecule has 1 aromatic carbocycles. The maximum Gasteiger partial charge on any atom is 0.416 e. The summed E-state index contributed by atoms with van der Waals surface area (Å²) >= 11 is 0. The number of hydrogen-bond acceptors (Lipinski definition) is 3. The average Bonchev–Trinajstić information content (AvgIpc) is 2.99. The summed E-state index contributed by atoms with van der Waals surface area (Å²) in [5.41, 5.74) is 0.265. The number of aryl methyl sites for hydroxylation is 1. The van der Waals surface area contributed by atoms with Crippen LogP contribution >= 0.6 is 0 Å². The van der Waals surface area contributed by atoms with Gasteiger partial charge in [-0.2, -0.15) is 13.2 Å². The smallest absolute Gasteiger partial charge is 0.416 e. The summed E-state index contributed by atoms with van der Waals surface area (Å²) in [5, 5.41) is 2.85. The molecule has 0 spiro atoms. The third-order valence-electron chi connectivity index (χ3n) is 4.41. The van der Waals surface area contributed by atoms with E-state index >= 15 is 0 Å². The van der Waals surface area contributed by atoms with E-state index in [1.807, 2.05) is 6.92 Å². The van der Waals surface area contributed by atoms with Gasteiger partial charge in [0.05, 0.1) is 5.56 Å². The summed E-state index contributed by atoms with van der Waals surface area (Å²) in [6.45, 7) is 1.99. The number of carbonyl (C=O) groups excluding carboxylic acids is 1. The van der Waals surface area contributed by atoms with Gasteiger partial charge in [-0.05, 0) is 36.8 Å². The largest absolute Gasteiger partial charge is 0.448 e. The molecule has 1 fully saturated rings. The van der Waals surface area contributed by atoms with Gasteiger partial charge < -0.3 is 9.73 Å². The molecule has 0 radical (unpaired) electrons. The Hall–Kier alpha value is -2.31. The minimum atomic E-state index is -4.34. The fourth-order valence-corrected chi connectivity index (χ4v) is 2.98. The normalized spacial score (nSPS) is 20.2. The zero-order valence-electron chi connectivity index (χ0n) is 13.8. The quantitative estimate of drug-likeness (QED) is 0.872. The zero-order valence-corrected chi connectivity index (χ0v) is 13.8. The van der Waals surface area contributed by atoms with Crippen LogP contribution in [0.15, 0.2) is 34.9 Å². The number of benzene rings is 1. The van der Waals surface area contributed by atoms with E-state index in [4.69, 9.17) is 4.42 Å². The van der Waals surface area contributed by atoms with E-state index in [1.165, 1.54) is 18.4 Å². The minimum absolute atomic E-state index is 0.0283. The summed E-state index contributed by atoms with van der Waals surface area (Å²) < 4.78 is 43.5. The Morgan fingerprint density at radius 2 is 2.12 bits per heavy atom. The van der Waals surface area contributed by atoms with Crippen molar-refractivity contribution in [3.05, 3.63) is 53.2 Å². The molecule has 1 saturated carbocycles. The summed E-state index contributed by atoms with van der Waals surface area (Å²) in [4.78, 5) is 16.2. The molecule has 0 saturated heterocycles. The standard InChI is InChI=1S/C18H19F3N2O2/c1-2-4-16-23-15(10-25-16)17(24)22-14-8-12(9-14)11-5-3-6-13(7-11)18(19,20)21/h3,5-7,10,12,14H,2,4,8-9H2,1H3,(H,22,24). The zero-order chi connectivity index (χ0) is 18.0. The number of oxazole rings is 1. The van der Waals surface area contributed by atoms with Crippen LogP contribution in [0.3, 0.4) is 0 Å². The van der Waals surface area contributed by atoms with E-state index in [-0.39, 0.29) is 23.6 Å². The molecule has 1 aliphatic rings. The molecule has 1 N–H and O–H groups in total. The fraction of sp³-hybridized carbons (Fsp3) is 0.444. The average molecular weight is 352 g/mol. The first-order chi connectivity index (χ1) is 11.9. The summed E-state index contributed by atoms with van der Waals surface area (Å²) in [7, 11) is 0. The maximum absolute atomic E-state index is 12.8. The Labute approximate surface area is 143 Å². The van der Waals surface area contributed by atoms with Crippen molar-refractivity contribution >= 4 is 5.91 Å². The lowest BCUT2D eigenvalue weighted by atomic mass is 9.75. The van der Waals surface area contributed by atoms with Crippen molar-refractivity contribution in [3.63, 3.8) is 0 Å². The predicted octanol–water partition coefficient (Wildman–Crippen LogP) is 4.32. The molecule has 3 rings (SSSR count). The Balaban J connectivity index is 1.55. The second kappa shape index (κ2) is 6.90. The number of alkyl halides is 3. The highest BCUT2D eigenvalue weighted by molar-refractivity contribution is 5.92. The van der Waals surface area contributed by atoms with Gasteiger partial charge in [-0.25, -0.2) is 4.98 Å². The highest BCUT2D eigenvalue weighted by atomic mass is 19.4. The molecule has 1 aliphatic carbocycles. The van der Waals surface area contributed by atoms with E-state index in [0.717, 1.165) is 12.5 Å². The van der Waals surface area contributed by atoms with Gasteiger partial charge in [0.25, 0.3) is 5.91 Å². The molecular formula is C18H19F3N2O2. The fourth-order valence-electron chi connectivity index (χ4n) is 2.98. The monoisotopic (exact) mass is 352 g/mol. The summed E-state index contributed by atoms with van der Waals surface area (Å²) in [5.74, 6) is 0.252. The SMILES string of the molecule is CCCc1nc(C(=O)NC2CC(c3cccc(C(F)(F)F)c3)C2)co1. The molecule has 25 heavy (non-hydrogen) atoms. The van der Waals surface area contributed by atoms with Crippen LogP contribution in [0.1, 0.15) is 59.6 Å². The van der Waals surface area contributed by atoms with Gasteiger partial charge >= 0.3 is 6.18 Å². The predicted molar refractivity (Wildman–Crippen MR) is 85.2 cm³/mol. The second-order valence-electron chi connectivity index (χ2n) is 6.34. The summed E-state index contributed by atoms with van der Waals surface area (Å²) in [6, 6.07) is 5.33. The van der Waals surface area contributed by atoms with Crippen LogP contribution in [0.4, 0.5) is 13.2 Å². The lowest BCUT2D eigenvalue weighted by Crippen LogP contribution is -2.43. The molecule has 2 aromatic rings.